The van der Waals surface area contributed by atoms with Crippen LogP contribution in [0, 0.1) is 5.41 Å². The number of nitrogens with two attached hydrogens (primary N) is 2. The monoisotopic (exact) mass is 338 g/mol. The van der Waals surface area contributed by atoms with Crippen LogP contribution in [0.1, 0.15) is 12.5 Å². The summed E-state index contributed by atoms with van der Waals surface area (Å²) in [6.45, 7) is 7.49. The molecule has 2 heterocycles. The summed E-state index contributed by atoms with van der Waals surface area (Å²) in [5.41, 5.74) is 16.1. The molecule has 2 aromatic rings. The van der Waals surface area contributed by atoms with Gasteiger partial charge in [0.2, 0.25) is 0 Å². The van der Waals surface area contributed by atoms with Gasteiger partial charge in [0.15, 0.2) is 0 Å². The minimum Gasteiger partial charge on any atom is -0.402 e. The molecule has 0 bridgehead atoms. The van der Waals surface area contributed by atoms with Crippen molar-refractivity contribution in [3.8, 4) is 0 Å². The van der Waals surface area contributed by atoms with Crippen molar-refractivity contribution in [1.82, 2.24) is 9.88 Å². The Labute approximate surface area is 148 Å². The summed E-state index contributed by atoms with van der Waals surface area (Å²) in [5.74, 6) is 0. The Morgan fingerprint density at radius 3 is 2.64 bits per heavy atom. The second-order valence-electron chi connectivity index (χ2n) is 6.42. The molecule has 1 aliphatic heterocycles. The number of aromatic nitrogens is 1. The van der Waals surface area contributed by atoms with Crippen molar-refractivity contribution in [3.63, 3.8) is 0 Å². The van der Waals surface area contributed by atoms with E-state index in [-0.39, 0.29) is 0 Å². The molecule has 0 amide bonds. The summed E-state index contributed by atoms with van der Waals surface area (Å²) < 4.78 is 0. The molecule has 0 aliphatic carbocycles. The highest BCUT2D eigenvalue weighted by atomic mass is 15.3. The maximum absolute atomic E-state index is 7.64. The molecular formula is C19H26N6. The van der Waals surface area contributed by atoms with Crippen molar-refractivity contribution in [3.05, 3.63) is 41.7 Å². The van der Waals surface area contributed by atoms with Gasteiger partial charge in [-0.05, 0) is 30.7 Å². The summed E-state index contributed by atoms with van der Waals surface area (Å²) in [6.07, 6.45) is 3.18. The number of rotatable bonds is 5. The predicted octanol–water partition coefficient (Wildman–Crippen LogP) is 1.65. The molecule has 5 N–H and O–H groups in total. The molecule has 1 aromatic carbocycles. The lowest BCUT2D eigenvalue weighted by Gasteiger charge is -2.36. The fourth-order valence-electron chi connectivity index (χ4n) is 3.39. The minimum atomic E-state index is 0.648. The highest BCUT2D eigenvalue weighted by Crippen LogP contribution is 2.29. The molecular weight excluding hydrogens is 312 g/mol. The first-order chi connectivity index (χ1) is 12.1. The Balaban J connectivity index is 1.96. The third-order valence-electron chi connectivity index (χ3n) is 4.76. The number of hydrogen-bond donors (Lipinski definition) is 3. The van der Waals surface area contributed by atoms with Gasteiger partial charge in [-0.15, -0.1) is 0 Å². The quantitative estimate of drug-likeness (QED) is 0.721. The van der Waals surface area contributed by atoms with Crippen molar-refractivity contribution < 1.29 is 0 Å². The van der Waals surface area contributed by atoms with Crippen molar-refractivity contribution in [2.45, 2.75) is 6.92 Å². The Hall–Kier alpha value is -2.44. The van der Waals surface area contributed by atoms with Gasteiger partial charge in [-0.25, -0.2) is 0 Å². The second-order valence-corrected chi connectivity index (χ2v) is 6.42. The summed E-state index contributed by atoms with van der Waals surface area (Å²) >= 11 is 0. The van der Waals surface area contributed by atoms with Crippen molar-refractivity contribution in [2.24, 2.45) is 11.5 Å². The molecule has 6 heteroatoms. The fraction of sp³-hybridized carbons (Fsp3) is 0.368. The number of piperazine rings is 1. The van der Waals surface area contributed by atoms with E-state index in [0.717, 1.165) is 54.8 Å². The van der Waals surface area contributed by atoms with E-state index < -0.39 is 0 Å². The lowest BCUT2D eigenvalue weighted by molar-refractivity contribution is 0.265. The first kappa shape index (κ1) is 17.4. The maximum Gasteiger partial charge on any atom is 0.0723 e. The maximum atomic E-state index is 7.64. The van der Waals surface area contributed by atoms with Crippen LogP contribution in [0.15, 0.2) is 36.2 Å². The zero-order chi connectivity index (χ0) is 17.8. The van der Waals surface area contributed by atoms with Crippen LogP contribution in [0.4, 0.5) is 5.69 Å². The van der Waals surface area contributed by atoms with Crippen LogP contribution in [0.3, 0.4) is 0 Å². The zero-order valence-corrected chi connectivity index (χ0v) is 14.7. The molecule has 6 nitrogen and oxygen atoms in total. The molecule has 1 fully saturated rings. The second kappa shape index (κ2) is 7.63. The number of benzene rings is 1. The Bertz CT molecular complexity index is 786. The molecule has 0 atom stereocenters. The van der Waals surface area contributed by atoms with Crippen LogP contribution in [-0.4, -0.2) is 55.4 Å². The number of pyridine rings is 1. The van der Waals surface area contributed by atoms with Gasteiger partial charge >= 0.3 is 0 Å². The lowest BCUT2D eigenvalue weighted by atomic mass is 10.0. The number of nitrogens with one attached hydrogen (secondary N) is 1. The van der Waals surface area contributed by atoms with E-state index >= 15 is 0 Å². The van der Waals surface area contributed by atoms with Gasteiger partial charge in [0.1, 0.15) is 0 Å². The molecule has 1 aromatic heterocycles. The Morgan fingerprint density at radius 1 is 1.24 bits per heavy atom. The molecule has 0 saturated carbocycles. The predicted molar refractivity (Wildman–Crippen MR) is 105 cm³/mol. The summed E-state index contributed by atoms with van der Waals surface area (Å²) in [4.78, 5) is 9.30. The van der Waals surface area contributed by atoms with Crippen LogP contribution >= 0.6 is 0 Å². The summed E-state index contributed by atoms with van der Waals surface area (Å²) in [7, 11) is 0. The molecule has 0 radical (unpaired) electrons. The normalized spacial score (nSPS) is 16.8. The van der Waals surface area contributed by atoms with Crippen LogP contribution in [0.5, 0.6) is 0 Å². The lowest BCUT2D eigenvalue weighted by Crippen LogP contribution is -2.47. The van der Waals surface area contributed by atoms with Gasteiger partial charge in [-0.2, -0.15) is 0 Å². The Morgan fingerprint density at radius 2 is 2.00 bits per heavy atom. The largest absolute Gasteiger partial charge is 0.402 e. The standard InChI is InChI=1S/C19H26N6/c1-14(22)17(13-21)15-2-3-18-16(12-15)19(4-6-23-18)25-10-8-24(7-5-20)9-11-25/h2-4,6,12-13,21H,5,7-11,20,22H2,1H3. The Kier molecular flexibility index (Phi) is 5.31. The van der Waals surface area contributed by atoms with E-state index in [2.05, 4.69) is 26.9 Å². The van der Waals surface area contributed by atoms with Gasteiger partial charge in [-0.3, -0.25) is 9.88 Å². The first-order valence-electron chi connectivity index (χ1n) is 8.67. The molecule has 25 heavy (non-hydrogen) atoms. The van der Waals surface area contributed by atoms with E-state index in [1.54, 1.807) is 0 Å². The molecule has 0 spiro atoms. The molecule has 132 valence electrons. The number of anilines is 1. The zero-order valence-electron chi connectivity index (χ0n) is 14.7. The van der Waals surface area contributed by atoms with Crippen molar-refractivity contribution >= 4 is 28.4 Å². The summed E-state index contributed by atoms with van der Waals surface area (Å²) in [6, 6.07) is 8.16. The van der Waals surface area contributed by atoms with Crippen LogP contribution in [0.25, 0.3) is 16.5 Å². The molecule has 1 aliphatic rings. The fourth-order valence-corrected chi connectivity index (χ4v) is 3.39. The average molecular weight is 338 g/mol. The number of fused-ring (bicyclic) bond motifs is 1. The van der Waals surface area contributed by atoms with Crippen LogP contribution < -0.4 is 16.4 Å². The molecule has 1 saturated heterocycles. The van der Waals surface area contributed by atoms with E-state index in [4.69, 9.17) is 16.9 Å². The van der Waals surface area contributed by atoms with E-state index in [9.17, 15) is 0 Å². The van der Waals surface area contributed by atoms with Gasteiger partial charge in [0, 0.05) is 74.0 Å². The van der Waals surface area contributed by atoms with Gasteiger partial charge < -0.3 is 21.8 Å². The van der Waals surface area contributed by atoms with Crippen molar-refractivity contribution in [1.29, 1.82) is 5.41 Å². The van der Waals surface area contributed by atoms with Gasteiger partial charge in [0.25, 0.3) is 0 Å². The summed E-state index contributed by atoms with van der Waals surface area (Å²) in [5, 5.41) is 8.75. The van der Waals surface area contributed by atoms with E-state index in [1.165, 1.54) is 11.9 Å². The van der Waals surface area contributed by atoms with Gasteiger partial charge in [-0.1, -0.05) is 6.07 Å². The van der Waals surface area contributed by atoms with E-state index in [0.29, 0.717) is 12.2 Å². The number of allylic oxidation sites excluding steroid dienone is 2. The smallest absolute Gasteiger partial charge is 0.0723 e. The molecule has 3 rings (SSSR count). The third kappa shape index (κ3) is 3.65. The van der Waals surface area contributed by atoms with Crippen LogP contribution in [0.2, 0.25) is 0 Å². The minimum absolute atomic E-state index is 0.648. The van der Waals surface area contributed by atoms with Crippen LogP contribution in [-0.2, 0) is 0 Å². The van der Waals surface area contributed by atoms with Gasteiger partial charge in [0.05, 0.1) is 5.52 Å². The number of hydrogen-bond acceptors (Lipinski definition) is 6. The van der Waals surface area contributed by atoms with Crippen molar-refractivity contribution in [2.75, 3.05) is 44.2 Å². The highest BCUT2D eigenvalue weighted by Gasteiger charge is 2.18. The third-order valence-corrected chi connectivity index (χ3v) is 4.76. The average Bonchev–Trinajstić information content (AvgIpc) is 2.62. The highest BCUT2D eigenvalue weighted by molar-refractivity contribution is 6.10. The number of nitrogens with zero attached hydrogens (tertiary/aromatic N) is 3. The first-order valence-corrected chi connectivity index (χ1v) is 8.67. The SMILES string of the molecule is CC(N)=C(C=N)c1ccc2nccc(N3CCN(CCN)CC3)c2c1. The molecule has 0 unspecified atom stereocenters. The topological polar surface area (TPSA) is 95.3 Å². The van der Waals surface area contributed by atoms with E-state index in [1.807, 2.05) is 25.3 Å².